The first-order chi connectivity index (χ1) is 8.19. The molecule has 1 aromatic rings. The van der Waals surface area contributed by atoms with Crippen molar-refractivity contribution in [3.05, 3.63) is 26.8 Å². The van der Waals surface area contributed by atoms with Crippen LogP contribution < -0.4 is 5.32 Å². The lowest BCUT2D eigenvalue weighted by atomic mass is 9.92. The molecule has 0 aliphatic heterocycles. The SMILES string of the molecule is COC1CCCC(Nc2ccc(Cl)cc2I)C1. The van der Waals surface area contributed by atoms with E-state index in [2.05, 4.69) is 34.0 Å². The molecule has 1 aromatic carbocycles. The van der Waals surface area contributed by atoms with E-state index in [0.717, 1.165) is 11.4 Å². The zero-order valence-electron chi connectivity index (χ0n) is 9.88. The maximum Gasteiger partial charge on any atom is 0.0590 e. The maximum atomic E-state index is 5.95. The Bertz CT molecular complexity index is 386. The molecule has 0 radical (unpaired) electrons. The van der Waals surface area contributed by atoms with E-state index in [4.69, 9.17) is 16.3 Å². The topological polar surface area (TPSA) is 21.3 Å². The Morgan fingerprint density at radius 1 is 1.41 bits per heavy atom. The highest BCUT2D eigenvalue weighted by atomic mass is 127. The van der Waals surface area contributed by atoms with Gasteiger partial charge in [0.05, 0.1) is 6.10 Å². The summed E-state index contributed by atoms with van der Waals surface area (Å²) in [6, 6.07) is 6.49. The molecule has 0 heterocycles. The van der Waals surface area contributed by atoms with E-state index in [-0.39, 0.29) is 0 Å². The average molecular weight is 366 g/mol. The molecule has 1 N–H and O–H groups in total. The van der Waals surface area contributed by atoms with Crippen LogP contribution in [0.5, 0.6) is 0 Å². The zero-order chi connectivity index (χ0) is 12.3. The highest BCUT2D eigenvalue weighted by molar-refractivity contribution is 14.1. The van der Waals surface area contributed by atoms with Crippen molar-refractivity contribution in [3.63, 3.8) is 0 Å². The fourth-order valence-corrected chi connectivity index (χ4v) is 3.34. The van der Waals surface area contributed by atoms with E-state index in [1.54, 1.807) is 7.11 Å². The van der Waals surface area contributed by atoms with Crippen molar-refractivity contribution in [1.29, 1.82) is 0 Å². The molecular formula is C13H17ClINO. The van der Waals surface area contributed by atoms with Crippen LogP contribution in [-0.4, -0.2) is 19.3 Å². The predicted molar refractivity (Wildman–Crippen MR) is 80.8 cm³/mol. The van der Waals surface area contributed by atoms with Gasteiger partial charge in [0.15, 0.2) is 0 Å². The normalized spacial score (nSPS) is 24.6. The summed E-state index contributed by atoms with van der Waals surface area (Å²) in [4.78, 5) is 0. The smallest absolute Gasteiger partial charge is 0.0590 e. The summed E-state index contributed by atoms with van der Waals surface area (Å²) in [6.45, 7) is 0. The highest BCUT2D eigenvalue weighted by Gasteiger charge is 2.21. The van der Waals surface area contributed by atoms with Gasteiger partial charge in [-0.1, -0.05) is 11.6 Å². The Morgan fingerprint density at radius 2 is 2.24 bits per heavy atom. The summed E-state index contributed by atoms with van der Waals surface area (Å²) in [6.07, 6.45) is 5.15. The lowest BCUT2D eigenvalue weighted by Crippen LogP contribution is -2.31. The molecule has 1 fully saturated rings. The zero-order valence-corrected chi connectivity index (χ0v) is 12.8. The third kappa shape index (κ3) is 3.73. The van der Waals surface area contributed by atoms with Crippen molar-refractivity contribution >= 4 is 39.9 Å². The standard InChI is InChI=1S/C13H17ClINO/c1-17-11-4-2-3-10(8-11)16-13-6-5-9(14)7-12(13)15/h5-7,10-11,16H,2-4,8H2,1H3. The van der Waals surface area contributed by atoms with Crippen molar-refractivity contribution in [2.24, 2.45) is 0 Å². The quantitative estimate of drug-likeness (QED) is 0.806. The molecule has 94 valence electrons. The largest absolute Gasteiger partial charge is 0.381 e. The molecule has 0 amide bonds. The van der Waals surface area contributed by atoms with Gasteiger partial charge >= 0.3 is 0 Å². The molecule has 2 rings (SSSR count). The van der Waals surface area contributed by atoms with Gasteiger partial charge in [0, 0.05) is 27.4 Å². The minimum Gasteiger partial charge on any atom is -0.381 e. The van der Waals surface area contributed by atoms with Crippen LogP contribution in [0.15, 0.2) is 18.2 Å². The van der Waals surface area contributed by atoms with Crippen molar-refractivity contribution in [2.45, 2.75) is 37.8 Å². The lowest BCUT2D eigenvalue weighted by Gasteiger charge is -2.29. The van der Waals surface area contributed by atoms with Crippen LogP contribution in [0.2, 0.25) is 5.02 Å². The molecule has 1 aliphatic carbocycles. The van der Waals surface area contributed by atoms with Crippen LogP contribution in [0.3, 0.4) is 0 Å². The molecule has 2 nitrogen and oxygen atoms in total. The van der Waals surface area contributed by atoms with E-state index in [0.29, 0.717) is 12.1 Å². The first-order valence-electron chi connectivity index (χ1n) is 5.93. The van der Waals surface area contributed by atoms with Gasteiger partial charge in [-0.15, -0.1) is 0 Å². The molecular weight excluding hydrogens is 349 g/mol. The molecule has 17 heavy (non-hydrogen) atoms. The minimum absolute atomic E-state index is 0.409. The van der Waals surface area contributed by atoms with E-state index in [1.807, 2.05) is 12.1 Å². The van der Waals surface area contributed by atoms with Gasteiger partial charge in [0.25, 0.3) is 0 Å². The number of halogens is 2. The van der Waals surface area contributed by atoms with Crippen LogP contribution in [0.1, 0.15) is 25.7 Å². The molecule has 1 saturated carbocycles. The second kappa shape index (κ2) is 6.25. The Morgan fingerprint density at radius 3 is 2.94 bits per heavy atom. The molecule has 4 heteroatoms. The van der Waals surface area contributed by atoms with Crippen molar-refractivity contribution in [2.75, 3.05) is 12.4 Å². The monoisotopic (exact) mass is 365 g/mol. The lowest BCUT2D eigenvalue weighted by molar-refractivity contribution is 0.0669. The van der Waals surface area contributed by atoms with Gasteiger partial charge in [-0.25, -0.2) is 0 Å². The highest BCUT2D eigenvalue weighted by Crippen LogP contribution is 2.27. The number of rotatable bonds is 3. The molecule has 0 saturated heterocycles. The van der Waals surface area contributed by atoms with Gasteiger partial charge in [-0.05, 0) is 66.5 Å². The third-order valence-electron chi connectivity index (χ3n) is 3.25. The minimum atomic E-state index is 0.409. The Labute approximate surface area is 121 Å². The molecule has 2 unspecified atom stereocenters. The first-order valence-corrected chi connectivity index (χ1v) is 7.39. The number of methoxy groups -OCH3 is 1. The number of benzene rings is 1. The second-order valence-corrected chi connectivity index (χ2v) is 6.09. The third-order valence-corrected chi connectivity index (χ3v) is 4.38. The van der Waals surface area contributed by atoms with Crippen LogP contribution in [0.4, 0.5) is 5.69 Å². The number of hydrogen-bond donors (Lipinski definition) is 1. The number of hydrogen-bond acceptors (Lipinski definition) is 2. The summed E-state index contributed by atoms with van der Waals surface area (Å²) in [5.74, 6) is 0. The molecule has 1 aliphatic rings. The van der Waals surface area contributed by atoms with Crippen LogP contribution in [0.25, 0.3) is 0 Å². The molecule has 0 aromatic heterocycles. The van der Waals surface area contributed by atoms with Crippen molar-refractivity contribution < 1.29 is 4.74 Å². The van der Waals surface area contributed by atoms with Gasteiger partial charge < -0.3 is 10.1 Å². The van der Waals surface area contributed by atoms with E-state index in [1.165, 1.54) is 28.5 Å². The fourth-order valence-electron chi connectivity index (χ4n) is 2.32. The number of ether oxygens (including phenoxy) is 1. The van der Waals surface area contributed by atoms with Gasteiger partial charge in [-0.2, -0.15) is 0 Å². The summed E-state index contributed by atoms with van der Waals surface area (Å²) >= 11 is 8.27. The van der Waals surface area contributed by atoms with E-state index >= 15 is 0 Å². The van der Waals surface area contributed by atoms with E-state index in [9.17, 15) is 0 Å². The Kier molecular flexibility index (Phi) is 4.94. The Hall–Kier alpha value is -0.000000000000000111. The molecule has 0 bridgehead atoms. The summed E-state index contributed by atoms with van der Waals surface area (Å²) in [7, 11) is 1.80. The summed E-state index contributed by atoms with van der Waals surface area (Å²) in [5.41, 5.74) is 1.18. The maximum absolute atomic E-state index is 5.95. The fraction of sp³-hybridized carbons (Fsp3) is 0.538. The van der Waals surface area contributed by atoms with Crippen LogP contribution in [-0.2, 0) is 4.74 Å². The van der Waals surface area contributed by atoms with Crippen LogP contribution >= 0.6 is 34.2 Å². The molecule has 0 spiro atoms. The van der Waals surface area contributed by atoms with E-state index < -0.39 is 0 Å². The van der Waals surface area contributed by atoms with Crippen molar-refractivity contribution in [3.8, 4) is 0 Å². The predicted octanol–water partition coefficient (Wildman–Crippen LogP) is 4.31. The van der Waals surface area contributed by atoms with Crippen LogP contribution in [0, 0.1) is 3.57 Å². The van der Waals surface area contributed by atoms with Crippen molar-refractivity contribution in [1.82, 2.24) is 0 Å². The van der Waals surface area contributed by atoms with Gasteiger partial charge in [0.2, 0.25) is 0 Å². The second-order valence-electron chi connectivity index (χ2n) is 4.49. The van der Waals surface area contributed by atoms with Gasteiger partial charge in [0.1, 0.15) is 0 Å². The van der Waals surface area contributed by atoms with Gasteiger partial charge in [-0.3, -0.25) is 0 Å². The first kappa shape index (κ1) is 13.4. The number of nitrogens with one attached hydrogen (secondary N) is 1. The summed E-state index contributed by atoms with van der Waals surface area (Å²) < 4.78 is 6.62. The summed E-state index contributed by atoms with van der Waals surface area (Å²) in [5, 5.41) is 4.38. The average Bonchev–Trinajstić information content (AvgIpc) is 2.33. The number of anilines is 1. The Balaban J connectivity index is 2.00. The molecule has 2 atom stereocenters.